The van der Waals surface area contributed by atoms with Gasteiger partial charge >= 0.3 is 0 Å². The summed E-state index contributed by atoms with van der Waals surface area (Å²) in [5, 5.41) is 3.45. The van der Waals surface area contributed by atoms with E-state index in [4.69, 9.17) is 0 Å². The summed E-state index contributed by atoms with van der Waals surface area (Å²) in [6.07, 6.45) is 5.37. The topological polar surface area (TPSA) is 12.0 Å². The lowest BCUT2D eigenvalue weighted by Crippen LogP contribution is -2.18. The van der Waals surface area contributed by atoms with Crippen molar-refractivity contribution in [1.82, 2.24) is 5.32 Å². The molecule has 1 atom stereocenters. The van der Waals surface area contributed by atoms with E-state index in [1.807, 2.05) is 0 Å². The Morgan fingerprint density at radius 1 is 0.923 bits per heavy atom. The molecule has 1 heteroatoms. The lowest BCUT2D eigenvalue weighted by molar-refractivity contribution is 0.418. The van der Waals surface area contributed by atoms with Gasteiger partial charge < -0.3 is 5.32 Å². The van der Waals surface area contributed by atoms with Gasteiger partial charge in [0.25, 0.3) is 0 Å². The first-order valence-electron chi connectivity index (χ1n) is 5.87. The fourth-order valence-electron chi connectivity index (χ4n) is 1.41. The minimum atomic E-state index is 0.867. The van der Waals surface area contributed by atoms with Crippen LogP contribution in [0.3, 0.4) is 0 Å². The molecule has 0 aliphatic heterocycles. The van der Waals surface area contributed by atoms with Crippen molar-refractivity contribution in [2.45, 2.75) is 53.4 Å². The summed E-state index contributed by atoms with van der Waals surface area (Å²) in [6, 6.07) is 0. The SMILES string of the molecule is CCCNCCC(C)CCC(C)C. The highest BCUT2D eigenvalue weighted by atomic mass is 14.8. The van der Waals surface area contributed by atoms with Crippen molar-refractivity contribution < 1.29 is 0 Å². The van der Waals surface area contributed by atoms with Crippen LogP contribution in [0.5, 0.6) is 0 Å². The molecular formula is C12H27N. The van der Waals surface area contributed by atoms with Crippen LogP contribution >= 0.6 is 0 Å². The molecule has 1 unspecified atom stereocenters. The maximum absolute atomic E-state index is 3.45. The molecule has 0 radical (unpaired) electrons. The molecule has 0 aromatic heterocycles. The lowest BCUT2D eigenvalue weighted by atomic mass is 9.97. The van der Waals surface area contributed by atoms with E-state index >= 15 is 0 Å². The van der Waals surface area contributed by atoms with E-state index in [2.05, 4.69) is 33.0 Å². The summed E-state index contributed by atoms with van der Waals surface area (Å²) < 4.78 is 0. The molecule has 1 nitrogen and oxygen atoms in total. The van der Waals surface area contributed by atoms with Crippen LogP contribution in [0.2, 0.25) is 0 Å². The Labute approximate surface area is 84.3 Å². The Morgan fingerprint density at radius 3 is 2.15 bits per heavy atom. The van der Waals surface area contributed by atoms with Gasteiger partial charge in [-0.2, -0.15) is 0 Å². The van der Waals surface area contributed by atoms with Crippen LogP contribution in [0.4, 0.5) is 0 Å². The molecule has 0 aromatic carbocycles. The fourth-order valence-corrected chi connectivity index (χ4v) is 1.41. The van der Waals surface area contributed by atoms with Crippen molar-refractivity contribution >= 4 is 0 Å². The minimum absolute atomic E-state index is 0.867. The number of hydrogen-bond donors (Lipinski definition) is 1. The zero-order valence-corrected chi connectivity index (χ0v) is 9.90. The van der Waals surface area contributed by atoms with Gasteiger partial charge in [-0.1, -0.05) is 40.5 Å². The minimum Gasteiger partial charge on any atom is -0.317 e. The second-order valence-corrected chi connectivity index (χ2v) is 4.62. The van der Waals surface area contributed by atoms with Crippen LogP contribution in [0, 0.1) is 11.8 Å². The van der Waals surface area contributed by atoms with Gasteiger partial charge in [0, 0.05) is 0 Å². The second-order valence-electron chi connectivity index (χ2n) is 4.62. The quantitative estimate of drug-likeness (QED) is 0.571. The smallest absolute Gasteiger partial charge is 0.00464 e. The van der Waals surface area contributed by atoms with Crippen LogP contribution in [0.15, 0.2) is 0 Å². The zero-order chi connectivity index (χ0) is 10.1. The normalized spacial score (nSPS) is 13.6. The van der Waals surface area contributed by atoms with E-state index in [0.29, 0.717) is 0 Å². The maximum atomic E-state index is 3.45. The molecule has 0 spiro atoms. The Balaban J connectivity index is 3.15. The molecule has 0 heterocycles. The summed E-state index contributed by atoms with van der Waals surface area (Å²) in [5.41, 5.74) is 0. The van der Waals surface area contributed by atoms with E-state index in [-0.39, 0.29) is 0 Å². The molecule has 0 rings (SSSR count). The Bertz CT molecular complexity index is 99.3. The highest BCUT2D eigenvalue weighted by molar-refractivity contribution is 4.57. The van der Waals surface area contributed by atoms with Gasteiger partial charge in [-0.25, -0.2) is 0 Å². The molecule has 0 amide bonds. The van der Waals surface area contributed by atoms with E-state index in [9.17, 15) is 0 Å². The van der Waals surface area contributed by atoms with Gasteiger partial charge in [0.05, 0.1) is 0 Å². The lowest BCUT2D eigenvalue weighted by Gasteiger charge is -2.12. The largest absolute Gasteiger partial charge is 0.317 e. The van der Waals surface area contributed by atoms with E-state index in [0.717, 1.165) is 11.8 Å². The first-order chi connectivity index (χ1) is 6.16. The Morgan fingerprint density at radius 2 is 1.62 bits per heavy atom. The predicted octanol–water partition coefficient (Wildman–Crippen LogP) is 3.45. The highest BCUT2D eigenvalue weighted by Crippen LogP contribution is 2.13. The molecule has 0 aliphatic carbocycles. The van der Waals surface area contributed by atoms with Crippen LogP contribution in [-0.4, -0.2) is 13.1 Å². The Hall–Kier alpha value is -0.0400. The van der Waals surface area contributed by atoms with E-state index < -0.39 is 0 Å². The third kappa shape index (κ3) is 9.88. The van der Waals surface area contributed by atoms with Crippen molar-refractivity contribution in [2.24, 2.45) is 11.8 Å². The van der Waals surface area contributed by atoms with Crippen molar-refractivity contribution in [3.63, 3.8) is 0 Å². The van der Waals surface area contributed by atoms with Crippen molar-refractivity contribution in [3.8, 4) is 0 Å². The standard InChI is InChI=1S/C12H27N/c1-5-9-13-10-8-12(4)7-6-11(2)3/h11-13H,5-10H2,1-4H3. The summed E-state index contributed by atoms with van der Waals surface area (Å²) in [7, 11) is 0. The van der Waals surface area contributed by atoms with Crippen LogP contribution < -0.4 is 5.32 Å². The van der Waals surface area contributed by atoms with Crippen LogP contribution in [0.1, 0.15) is 53.4 Å². The van der Waals surface area contributed by atoms with Gasteiger partial charge in [0.15, 0.2) is 0 Å². The molecule has 0 saturated heterocycles. The molecule has 1 N–H and O–H groups in total. The van der Waals surface area contributed by atoms with Gasteiger partial charge in [0.2, 0.25) is 0 Å². The molecule has 80 valence electrons. The number of hydrogen-bond acceptors (Lipinski definition) is 1. The molecule has 0 bridgehead atoms. The summed E-state index contributed by atoms with van der Waals surface area (Å²) in [5.74, 6) is 1.76. The monoisotopic (exact) mass is 185 g/mol. The molecular weight excluding hydrogens is 158 g/mol. The van der Waals surface area contributed by atoms with Crippen LogP contribution in [-0.2, 0) is 0 Å². The highest BCUT2D eigenvalue weighted by Gasteiger charge is 2.02. The van der Waals surface area contributed by atoms with E-state index in [1.54, 1.807) is 0 Å². The molecule has 0 aliphatic rings. The molecule has 0 saturated carbocycles. The van der Waals surface area contributed by atoms with E-state index in [1.165, 1.54) is 38.8 Å². The maximum Gasteiger partial charge on any atom is -0.00464 e. The van der Waals surface area contributed by atoms with Crippen molar-refractivity contribution in [2.75, 3.05) is 13.1 Å². The third-order valence-corrected chi connectivity index (χ3v) is 2.48. The Kier molecular flexibility index (Phi) is 8.53. The predicted molar refractivity (Wildman–Crippen MR) is 61.0 cm³/mol. The fraction of sp³-hybridized carbons (Fsp3) is 1.00. The zero-order valence-electron chi connectivity index (χ0n) is 9.90. The van der Waals surface area contributed by atoms with Crippen molar-refractivity contribution in [1.29, 1.82) is 0 Å². The van der Waals surface area contributed by atoms with Gasteiger partial charge in [-0.05, 0) is 37.8 Å². The third-order valence-electron chi connectivity index (χ3n) is 2.48. The van der Waals surface area contributed by atoms with Gasteiger partial charge in [-0.3, -0.25) is 0 Å². The number of rotatable bonds is 8. The summed E-state index contributed by atoms with van der Waals surface area (Å²) in [4.78, 5) is 0. The van der Waals surface area contributed by atoms with Gasteiger partial charge in [-0.15, -0.1) is 0 Å². The number of nitrogens with one attached hydrogen (secondary N) is 1. The first kappa shape index (κ1) is 13.0. The van der Waals surface area contributed by atoms with Crippen LogP contribution in [0.25, 0.3) is 0 Å². The molecule has 0 aromatic rings. The summed E-state index contributed by atoms with van der Waals surface area (Å²) in [6.45, 7) is 11.6. The second kappa shape index (κ2) is 8.55. The average molecular weight is 185 g/mol. The molecule has 13 heavy (non-hydrogen) atoms. The van der Waals surface area contributed by atoms with Crippen molar-refractivity contribution in [3.05, 3.63) is 0 Å². The average Bonchev–Trinajstić information content (AvgIpc) is 2.09. The summed E-state index contributed by atoms with van der Waals surface area (Å²) >= 11 is 0. The molecule has 0 fully saturated rings. The van der Waals surface area contributed by atoms with Gasteiger partial charge in [0.1, 0.15) is 0 Å². The first-order valence-corrected chi connectivity index (χ1v) is 5.87.